The van der Waals surface area contributed by atoms with E-state index in [1.54, 1.807) is 11.8 Å². The van der Waals surface area contributed by atoms with Crippen LogP contribution in [-0.2, 0) is 14.3 Å². The minimum absolute atomic E-state index is 0.0429. The zero-order valence-corrected chi connectivity index (χ0v) is 14.7. The molecule has 23 heavy (non-hydrogen) atoms. The summed E-state index contributed by atoms with van der Waals surface area (Å²) in [4.78, 5) is 38.5. The van der Waals surface area contributed by atoms with E-state index >= 15 is 0 Å². The van der Waals surface area contributed by atoms with Gasteiger partial charge in [0.05, 0.1) is 12.7 Å². The number of rotatable bonds is 3. The number of likely N-dealkylation sites (tertiary alicyclic amines) is 1. The van der Waals surface area contributed by atoms with Gasteiger partial charge in [-0.1, -0.05) is 0 Å². The molecule has 2 amide bonds. The summed E-state index contributed by atoms with van der Waals surface area (Å²) in [7, 11) is 1.33. The third-order valence-electron chi connectivity index (χ3n) is 4.32. The molecular weight excluding hydrogens is 316 g/mol. The first-order valence-electron chi connectivity index (χ1n) is 7.59. The maximum atomic E-state index is 12.5. The molecule has 2 rings (SSSR count). The Kier molecular flexibility index (Phi) is 5.41. The number of ether oxygens (including phenoxy) is 1. The van der Waals surface area contributed by atoms with E-state index in [0.29, 0.717) is 36.5 Å². The molecule has 0 unspecified atom stereocenters. The van der Waals surface area contributed by atoms with Crippen LogP contribution in [0.15, 0.2) is 0 Å². The fourth-order valence-corrected chi connectivity index (χ4v) is 3.78. The maximum absolute atomic E-state index is 12.5. The highest BCUT2D eigenvalue weighted by atomic mass is 32.1. The molecule has 2 heterocycles. The average Bonchev–Trinajstić information content (AvgIpc) is 2.81. The van der Waals surface area contributed by atoms with Gasteiger partial charge in [0.1, 0.15) is 5.00 Å². The number of anilines is 1. The molecule has 1 fully saturated rings. The second kappa shape index (κ2) is 7.12. The number of hydrogen-bond acceptors (Lipinski definition) is 5. The first-order valence-corrected chi connectivity index (χ1v) is 8.41. The van der Waals surface area contributed by atoms with E-state index in [-0.39, 0.29) is 17.7 Å². The smallest absolute Gasteiger partial charge is 0.341 e. The van der Waals surface area contributed by atoms with Crippen LogP contribution in [-0.4, -0.2) is 42.9 Å². The van der Waals surface area contributed by atoms with Gasteiger partial charge in [-0.3, -0.25) is 9.59 Å². The fourth-order valence-electron chi connectivity index (χ4n) is 2.73. The maximum Gasteiger partial charge on any atom is 0.341 e. The molecule has 126 valence electrons. The van der Waals surface area contributed by atoms with Crippen LogP contribution in [0.5, 0.6) is 0 Å². The van der Waals surface area contributed by atoms with Crippen molar-refractivity contribution in [2.24, 2.45) is 5.92 Å². The van der Waals surface area contributed by atoms with Gasteiger partial charge in [0, 0.05) is 30.8 Å². The van der Waals surface area contributed by atoms with Crippen molar-refractivity contribution in [1.29, 1.82) is 0 Å². The van der Waals surface area contributed by atoms with E-state index in [2.05, 4.69) is 5.32 Å². The number of amides is 2. The lowest BCUT2D eigenvalue weighted by molar-refractivity contribution is -0.132. The molecule has 1 aliphatic heterocycles. The Morgan fingerprint density at radius 2 is 1.83 bits per heavy atom. The van der Waals surface area contributed by atoms with Crippen molar-refractivity contribution in [3.8, 4) is 0 Å². The standard InChI is InChI=1S/C16H22N2O4S/c1-9-10(2)23-15(13(9)16(21)22-4)17-14(20)12-5-7-18(8-6-12)11(3)19/h12H,5-8H2,1-4H3,(H,17,20). The van der Waals surface area contributed by atoms with E-state index in [4.69, 9.17) is 4.74 Å². The van der Waals surface area contributed by atoms with E-state index in [1.807, 2.05) is 13.8 Å². The van der Waals surface area contributed by atoms with Crippen molar-refractivity contribution in [3.05, 3.63) is 16.0 Å². The average molecular weight is 338 g/mol. The third-order valence-corrected chi connectivity index (χ3v) is 5.45. The summed E-state index contributed by atoms with van der Waals surface area (Å²) in [5.74, 6) is -0.631. The molecule has 0 aliphatic carbocycles. The SMILES string of the molecule is COC(=O)c1c(NC(=O)C2CCN(C(C)=O)CC2)sc(C)c1C. The molecular formula is C16H22N2O4S. The number of aryl methyl sites for hydroxylation is 1. The minimum atomic E-state index is -0.437. The van der Waals surface area contributed by atoms with Gasteiger partial charge < -0.3 is 15.0 Å². The molecule has 0 radical (unpaired) electrons. The van der Waals surface area contributed by atoms with Gasteiger partial charge in [-0.05, 0) is 32.3 Å². The van der Waals surface area contributed by atoms with Crippen LogP contribution in [0.25, 0.3) is 0 Å². The van der Waals surface area contributed by atoms with Crippen LogP contribution < -0.4 is 5.32 Å². The third kappa shape index (κ3) is 3.72. The van der Waals surface area contributed by atoms with Crippen LogP contribution in [0.2, 0.25) is 0 Å². The Labute approximate surface area is 139 Å². The predicted octanol–water partition coefficient (Wildman–Crippen LogP) is 2.35. The summed E-state index contributed by atoms with van der Waals surface area (Å²) in [6, 6.07) is 0. The largest absolute Gasteiger partial charge is 0.465 e. The quantitative estimate of drug-likeness (QED) is 0.859. The molecule has 1 aliphatic rings. The van der Waals surface area contributed by atoms with Crippen molar-refractivity contribution < 1.29 is 19.1 Å². The summed E-state index contributed by atoms with van der Waals surface area (Å²) in [6.07, 6.45) is 1.28. The monoisotopic (exact) mass is 338 g/mol. The van der Waals surface area contributed by atoms with Gasteiger partial charge >= 0.3 is 5.97 Å². The highest BCUT2D eigenvalue weighted by Gasteiger charge is 2.28. The lowest BCUT2D eigenvalue weighted by Crippen LogP contribution is -2.40. The molecule has 0 saturated carbocycles. The van der Waals surface area contributed by atoms with Gasteiger partial charge in [-0.2, -0.15) is 0 Å². The zero-order chi connectivity index (χ0) is 17.1. The van der Waals surface area contributed by atoms with Gasteiger partial charge in [0.15, 0.2) is 0 Å². The number of methoxy groups -OCH3 is 1. The summed E-state index contributed by atoms with van der Waals surface area (Å²) in [6.45, 7) is 6.49. The van der Waals surface area contributed by atoms with Crippen molar-refractivity contribution >= 4 is 34.1 Å². The number of thiophene rings is 1. The van der Waals surface area contributed by atoms with E-state index in [9.17, 15) is 14.4 Å². The molecule has 6 nitrogen and oxygen atoms in total. The second-order valence-electron chi connectivity index (χ2n) is 5.75. The molecule has 0 atom stereocenters. The first kappa shape index (κ1) is 17.5. The fraction of sp³-hybridized carbons (Fsp3) is 0.562. The lowest BCUT2D eigenvalue weighted by atomic mass is 9.96. The second-order valence-corrected chi connectivity index (χ2v) is 6.97. The summed E-state index contributed by atoms with van der Waals surface area (Å²) in [5, 5.41) is 3.42. The van der Waals surface area contributed by atoms with Crippen LogP contribution in [0.1, 0.15) is 40.6 Å². The summed E-state index contributed by atoms with van der Waals surface area (Å²) < 4.78 is 4.81. The highest BCUT2D eigenvalue weighted by molar-refractivity contribution is 7.16. The molecule has 0 spiro atoms. The molecule has 1 aromatic rings. The zero-order valence-electron chi connectivity index (χ0n) is 13.9. The van der Waals surface area contributed by atoms with Crippen LogP contribution in [0.4, 0.5) is 5.00 Å². The Bertz CT molecular complexity index is 630. The molecule has 1 N–H and O–H groups in total. The van der Waals surface area contributed by atoms with Gasteiger partial charge in [-0.15, -0.1) is 11.3 Å². The van der Waals surface area contributed by atoms with E-state index in [1.165, 1.54) is 18.4 Å². The van der Waals surface area contributed by atoms with Crippen molar-refractivity contribution in [1.82, 2.24) is 4.90 Å². The Morgan fingerprint density at radius 3 is 2.35 bits per heavy atom. The molecule has 0 aromatic carbocycles. The van der Waals surface area contributed by atoms with E-state index < -0.39 is 5.97 Å². The number of nitrogens with one attached hydrogen (secondary N) is 1. The molecule has 7 heteroatoms. The predicted molar refractivity (Wildman–Crippen MR) is 88.7 cm³/mol. The number of esters is 1. The normalized spacial score (nSPS) is 15.4. The Balaban J connectivity index is 2.08. The van der Waals surface area contributed by atoms with Crippen LogP contribution >= 0.6 is 11.3 Å². The molecule has 0 bridgehead atoms. The summed E-state index contributed by atoms with van der Waals surface area (Å²) >= 11 is 1.39. The van der Waals surface area contributed by atoms with Crippen LogP contribution in [0.3, 0.4) is 0 Å². The summed E-state index contributed by atoms with van der Waals surface area (Å²) in [5.41, 5.74) is 1.27. The Morgan fingerprint density at radius 1 is 1.22 bits per heavy atom. The van der Waals surface area contributed by atoms with Crippen molar-refractivity contribution in [2.45, 2.75) is 33.6 Å². The molecule has 1 saturated heterocycles. The first-order chi connectivity index (χ1) is 10.8. The van der Waals surface area contributed by atoms with E-state index in [0.717, 1.165) is 10.4 Å². The number of carbonyl (C=O) groups excluding carboxylic acids is 3. The Hall–Kier alpha value is -1.89. The number of hydrogen-bond donors (Lipinski definition) is 1. The number of piperidine rings is 1. The lowest BCUT2D eigenvalue weighted by Gasteiger charge is -2.30. The number of nitrogens with zero attached hydrogens (tertiary/aromatic N) is 1. The minimum Gasteiger partial charge on any atom is -0.465 e. The van der Waals surface area contributed by atoms with Gasteiger partial charge in [0.25, 0.3) is 0 Å². The van der Waals surface area contributed by atoms with Crippen molar-refractivity contribution in [2.75, 3.05) is 25.5 Å². The van der Waals surface area contributed by atoms with Crippen molar-refractivity contribution in [3.63, 3.8) is 0 Å². The molecule has 1 aromatic heterocycles. The topological polar surface area (TPSA) is 75.7 Å². The highest BCUT2D eigenvalue weighted by Crippen LogP contribution is 2.33. The van der Waals surface area contributed by atoms with Crippen LogP contribution in [0, 0.1) is 19.8 Å². The number of carbonyl (C=O) groups is 3. The van der Waals surface area contributed by atoms with Gasteiger partial charge in [0.2, 0.25) is 11.8 Å². The van der Waals surface area contributed by atoms with Gasteiger partial charge in [-0.25, -0.2) is 4.79 Å².